The van der Waals surface area contributed by atoms with E-state index in [0.29, 0.717) is 25.5 Å². The highest BCUT2D eigenvalue weighted by molar-refractivity contribution is 5.74. The third-order valence-electron chi connectivity index (χ3n) is 4.71. The Morgan fingerprint density at radius 1 is 1.11 bits per heavy atom. The summed E-state index contributed by atoms with van der Waals surface area (Å²) in [6.07, 6.45) is 2.48. The molecule has 0 aliphatic carbocycles. The standard InChI is InChI=1S/C21H21N5O/c1-15(27)26-12-10-17-19(14-26)24-21(18-9-5-6-11-22-18)25-20(17)23-13-16-7-3-2-4-8-16/h2-9,11H,10,12-14H2,1H3,(H,23,24,25). The topological polar surface area (TPSA) is 71.0 Å². The number of carbonyl (C=O) groups is 1. The third-order valence-corrected chi connectivity index (χ3v) is 4.71. The minimum atomic E-state index is 0.0671. The van der Waals surface area contributed by atoms with E-state index < -0.39 is 0 Å². The molecule has 1 aliphatic rings. The molecule has 0 spiro atoms. The first-order valence-corrected chi connectivity index (χ1v) is 9.05. The molecule has 0 unspecified atom stereocenters. The maximum atomic E-state index is 11.8. The van der Waals surface area contributed by atoms with Gasteiger partial charge in [0.05, 0.1) is 12.2 Å². The molecule has 1 aromatic carbocycles. The van der Waals surface area contributed by atoms with Crippen LogP contribution in [0.3, 0.4) is 0 Å². The molecular formula is C21H21N5O. The van der Waals surface area contributed by atoms with Crippen molar-refractivity contribution in [2.45, 2.75) is 26.4 Å². The predicted octanol–water partition coefficient (Wildman–Crippen LogP) is 3.06. The number of nitrogens with one attached hydrogen (secondary N) is 1. The minimum Gasteiger partial charge on any atom is -0.366 e. The first kappa shape index (κ1) is 17.1. The van der Waals surface area contributed by atoms with Gasteiger partial charge in [0.25, 0.3) is 0 Å². The average molecular weight is 359 g/mol. The fraction of sp³-hybridized carbons (Fsp3) is 0.238. The van der Waals surface area contributed by atoms with Crippen molar-refractivity contribution in [3.8, 4) is 11.5 Å². The highest BCUT2D eigenvalue weighted by Crippen LogP contribution is 2.27. The lowest BCUT2D eigenvalue weighted by molar-refractivity contribution is -0.129. The van der Waals surface area contributed by atoms with Gasteiger partial charge in [-0.15, -0.1) is 0 Å². The van der Waals surface area contributed by atoms with Crippen LogP contribution in [0, 0.1) is 0 Å². The molecule has 136 valence electrons. The van der Waals surface area contributed by atoms with Gasteiger partial charge in [0, 0.05) is 31.8 Å². The van der Waals surface area contributed by atoms with Crippen molar-refractivity contribution in [2.24, 2.45) is 0 Å². The minimum absolute atomic E-state index is 0.0671. The van der Waals surface area contributed by atoms with E-state index in [-0.39, 0.29) is 5.91 Å². The number of pyridine rings is 1. The van der Waals surface area contributed by atoms with Crippen molar-refractivity contribution in [2.75, 3.05) is 11.9 Å². The van der Waals surface area contributed by atoms with Crippen LogP contribution in [-0.4, -0.2) is 32.3 Å². The SMILES string of the molecule is CC(=O)N1CCc2c(nc(-c3ccccn3)nc2NCc2ccccc2)C1. The van der Waals surface area contributed by atoms with Gasteiger partial charge in [0.2, 0.25) is 5.91 Å². The molecule has 3 aromatic rings. The van der Waals surface area contributed by atoms with Gasteiger partial charge >= 0.3 is 0 Å². The Morgan fingerprint density at radius 3 is 2.67 bits per heavy atom. The summed E-state index contributed by atoms with van der Waals surface area (Å²) in [4.78, 5) is 27.5. The fourth-order valence-corrected chi connectivity index (χ4v) is 3.24. The summed E-state index contributed by atoms with van der Waals surface area (Å²) in [6, 6.07) is 15.9. The van der Waals surface area contributed by atoms with E-state index in [0.717, 1.165) is 29.2 Å². The van der Waals surface area contributed by atoms with Crippen LogP contribution >= 0.6 is 0 Å². The lowest BCUT2D eigenvalue weighted by Crippen LogP contribution is -2.35. The summed E-state index contributed by atoms with van der Waals surface area (Å²) in [5, 5.41) is 3.46. The molecule has 2 aromatic heterocycles. The molecule has 6 nitrogen and oxygen atoms in total. The van der Waals surface area contributed by atoms with Gasteiger partial charge in [-0.05, 0) is 24.1 Å². The van der Waals surface area contributed by atoms with E-state index in [1.807, 2.05) is 41.3 Å². The first-order valence-electron chi connectivity index (χ1n) is 9.05. The lowest BCUT2D eigenvalue weighted by atomic mass is 10.0. The highest BCUT2D eigenvalue weighted by atomic mass is 16.2. The van der Waals surface area contributed by atoms with E-state index >= 15 is 0 Å². The fourth-order valence-electron chi connectivity index (χ4n) is 3.24. The van der Waals surface area contributed by atoms with Crippen LogP contribution in [0.15, 0.2) is 54.7 Å². The Hall–Kier alpha value is -3.28. The third kappa shape index (κ3) is 3.79. The quantitative estimate of drug-likeness (QED) is 0.775. The van der Waals surface area contributed by atoms with Crippen molar-refractivity contribution in [1.82, 2.24) is 19.9 Å². The van der Waals surface area contributed by atoms with Crippen molar-refractivity contribution in [1.29, 1.82) is 0 Å². The summed E-state index contributed by atoms with van der Waals surface area (Å²) in [5.74, 6) is 1.47. The zero-order valence-electron chi connectivity index (χ0n) is 15.2. The molecule has 0 bridgehead atoms. The Balaban J connectivity index is 1.70. The van der Waals surface area contributed by atoms with Gasteiger partial charge in [-0.2, -0.15) is 0 Å². The van der Waals surface area contributed by atoms with Gasteiger partial charge < -0.3 is 10.2 Å². The van der Waals surface area contributed by atoms with Crippen molar-refractivity contribution < 1.29 is 4.79 Å². The number of rotatable bonds is 4. The Kier molecular flexibility index (Phi) is 4.78. The molecule has 6 heteroatoms. The summed E-state index contributed by atoms with van der Waals surface area (Å²) in [5.41, 5.74) is 3.89. The number of fused-ring (bicyclic) bond motifs is 1. The Morgan fingerprint density at radius 2 is 1.93 bits per heavy atom. The number of anilines is 1. The van der Waals surface area contributed by atoms with Gasteiger partial charge in [0.1, 0.15) is 11.5 Å². The van der Waals surface area contributed by atoms with Crippen molar-refractivity contribution >= 4 is 11.7 Å². The second kappa shape index (κ2) is 7.53. The Labute approximate surface area is 158 Å². The van der Waals surface area contributed by atoms with Gasteiger partial charge in [0.15, 0.2) is 5.82 Å². The number of carbonyl (C=O) groups excluding carboxylic acids is 1. The Bertz CT molecular complexity index is 944. The summed E-state index contributed by atoms with van der Waals surface area (Å²) in [6.45, 7) is 3.48. The number of benzene rings is 1. The molecule has 0 fully saturated rings. The summed E-state index contributed by atoms with van der Waals surface area (Å²) < 4.78 is 0. The average Bonchev–Trinajstić information content (AvgIpc) is 2.72. The van der Waals surface area contributed by atoms with Crippen molar-refractivity contribution in [3.63, 3.8) is 0 Å². The maximum absolute atomic E-state index is 11.8. The van der Waals surface area contributed by atoms with Crippen LogP contribution in [0.4, 0.5) is 5.82 Å². The molecule has 1 aliphatic heterocycles. The highest BCUT2D eigenvalue weighted by Gasteiger charge is 2.24. The molecule has 3 heterocycles. The number of amides is 1. The van der Waals surface area contributed by atoms with Crippen LogP contribution < -0.4 is 5.32 Å². The van der Waals surface area contributed by atoms with E-state index in [9.17, 15) is 4.79 Å². The molecule has 1 amide bonds. The maximum Gasteiger partial charge on any atom is 0.219 e. The summed E-state index contributed by atoms with van der Waals surface area (Å²) >= 11 is 0. The second-order valence-electron chi connectivity index (χ2n) is 6.57. The number of hydrogen-bond donors (Lipinski definition) is 1. The van der Waals surface area contributed by atoms with Crippen LogP contribution in [0.2, 0.25) is 0 Å². The van der Waals surface area contributed by atoms with Gasteiger partial charge in [-0.3, -0.25) is 9.78 Å². The van der Waals surface area contributed by atoms with E-state index in [1.165, 1.54) is 5.56 Å². The van der Waals surface area contributed by atoms with Crippen LogP contribution in [0.25, 0.3) is 11.5 Å². The zero-order valence-corrected chi connectivity index (χ0v) is 15.2. The molecule has 4 rings (SSSR count). The molecule has 27 heavy (non-hydrogen) atoms. The second-order valence-corrected chi connectivity index (χ2v) is 6.57. The van der Waals surface area contributed by atoms with Crippen molar-refractivity contribution in [3.05, 3.63) is 71.5 Å². The monoisotopic (exact) mass is 359 g/mol. The zero-order chi connectivity index (χ0) is 18.6. The lowest BCUT2D eigenvalue weighted by Gasteiger charge is -2.28. The molecule has 0 saturated carbocycles. The summed E-state index contributed by atoms with van der Waals surface area (Å²) in [7, 11) is 0. The molecule has 0 saturated heterocycles. The van der Waals surface area contributed by atoms with Gasteiger partial charge in [-0.25, -0.2) is 9.97 Å². The van der Waals surface area contributed by atoms with Crippen LogP contribution in [-0.2, 0) is 24.3 Å². The predicted molar refractivity (Wildman–Crippen MR) is 104 cm³/mol. The molecular weight excluding hydrogens is 338 g/mol. The van der Waals surface area contributed by atoms with E-state index in [4.69, 9.17) is 9.97 Å². The molecule has 0 atom stereocenters. The van der Waals surface area contributed by atoms with Crippen LogP contribution in [0.5, 0.6) is 0 Å². The largest absolute Gasteiger partial charge is 0.366 e. The number of hydrogen-bond acceptors (Lipinski definition) is 5. The smallest absolute Gasteiger partial charge is 0.219 e. The molecule has 1 N–H and O–H groups in total. The van der Waals surface area contributed by atoms with Gasteiger partial charge in [-0.1, -0.05) is 36.4 Å². The van der Waals surface area contributed by atoms with E-state index in [1.54, 1.807) is 13.1 Å². The number of nitrogens with zero attached hydrogens (tertiary/aromatic N) is 4. The van der Waals surface area contributed by atoms with Crippen LogP contribution in [0.1, 0.15) is 23.7 Å². The van der Waals surface area contributed by atoms with E-state index in [2.05, 4.69) is 22.4 Å². The number of aromatic nitrogens is 3. The first-order chi connectivity index (χ1) is 13.2. The molecule has 0 radical (unpaired) electrons. The normalized spacial score (nSPS) is 13.1.